The van der Waals surface area contributed by atoms with E-state index in [9.17, 15) is 18.3 Å². The number of hydrogen-bond acceptors (Lipinski definition) is 5. The van der Waals surface area contributed by atoms with Gasteiger partial charge in [0.2, 0.25) is 10.0 Å². The third-order valence-corrected chi connectivity index (χ3v) is 8.06. The van der Waals surface area contributed by atoms with E-state index in [-0.39, 0.29) is 17.9 Å². The number of fused-ring (bicyclic) bond motifs is 1. The largest absolute Gasteiger partial charge is 0.465 e. The van der Waals surface area contributed by atoms with Gasteiger partial charge in [0, 0.05) is 11.5 Å². The van der Waals surface area contributed by atoms with E-state index in [2.05, 4.69) is 0 Å². The molecule has 27 heavy (non-hydrogen) atoms. The summed E-state index contributed by atoms with van der Waals surface area (Å²) in [5.41, 5.74) is 0.304. The molecule has 3 rings (SSSR count). The molecule has 6 nitrogen and oxygen atoms in total. The van der Waals surface area contributed by atoms with Crippen LogP contribution in [0.1, 0.15) is 51.5 Å². The second-order valence-electron chi connectivity index (χ2n) is 7.94. The third kappa shape index (κ3) is 3.52. The molecule has 7 heteroatoms. The Balaban J connectivity index is 2.09. The van der Waals surface area contributed by atoms with E-state index in [0.717, 1.165) is 18.4 Å². The van der Waals surface area contributed by atoms with Gasteiger partial charge in [0.25, 0.3) is 0 Å². The van der Waals surface area contributed by atoms with E-state index in [0.29, 0.717) is 12.8 Å². The minimum atomic E-state index is -3.89. The standard InChI is InChI=1S/C20H29NO5S/c1-4-26-19(23)16-13-20(3)17(7-5-6-8-18(20)22)21(16)27(24,25)15-11-9-14(2)10-12-15/h9-12,16-18,22H,4-8,13H2,1-3H3/t16-,17+,18-,20+/m0/s1. The van der Waals surface area contributed by atoms with E-state index >= 15 is 0 Å². The first-order chi connectivity index (χ1) is 12.7. The van der Waals surface area contributed by atoms with Crippen molar-refractivity contribution >= 4 is 16.0 Å². The van der Waals surface area contributed by atoms with Gasteiger partial charge in [-0.2, -0.15) is 4.31 Å². The fraction of sp³-hybridized carbons (Fsp3) is 0.650. The number of aliphatic hydroxyl groups is 1. The highest BCUT2D eigenvalue weighted by Crippen LogP contribution is 2.50. The number of sulfonamides is 1. The first kappa shape index (κ1) is 20.3. The summed E-state index contributed by atoms with van der Waals surface area (Å²) < 4.78 is 33.6. The minimum absolute atomic E-state index is 0.172. The van der Waals surface area contributed by atoms with Crippen LogP contribution >= 0.6 is 0 Å². The summed E-state index contributed by atoms with van der Waals surface area (Å²) in [6, 6.07) is 5.34. The maximum atomic E-state index is 13.5. The monoisotopic (exact) mass is 395 g/mol. The first-order valence-corrected chi connectivity index (χ1v) is 11.1. The van der Waals surface area contributed by atoms with E-state index in [1.54, 1.807) is 31.2 Å². The van der Waals surface area contributed by atoms with Crippen molar-refractivity contribution < 1.29 is 23.1 Å². The van der Waals surface area contributed by atoms with Crippen LogP contribution in [0.25, 0.3) is 0 Å². The van der Waals surface area contributed by atoms with Gasteiger partial charge in [0.05, 0.1) is 17.6 Å². The number of carbonyl (C=O) groups excluding carboxylic acids is 1. The maximum absolute atomic E-state index is 13.5. The molecule has 0 unspecified atom stereocenters. The van der Waals surface area contributed by atoms with E-state index < -0.39 is 39.6 Å². The zero-order valence-electron chi connectivity index (χ0n) is 16.2. The summed E-state index contributed by atoms with van der Waals surface area (Å²) in [5, 5.41) is 10.8. The molecule has 150 valence electrons. The molecule has 0 amide bonds. The lowest BCUT2D eigenvalue weighted by Gasteiger charge is -2.36. The molecule has 4 atom stereocenters. The lowest BCUT2D eigenvalue weighted by Crippen LogP contribution is -2.48. The van der Waals surface area contributed by atoms with Gasteiger partial charge in [-0.15, -0.1) is 0 Å². The molecule has 1 saturated heterocycles. The molecule has 1 aromatic rings. The Labute approximate surface area is 161 Å². The Bertz CT molecular complexity index is 791. The van der Waals surface area contributed by atoms with Crippen LogP contribution in [0.5, 0.6) is 0 Å². The van der Waals surface area contributed by atoms with Crippen LogP contribution < -0.4 is 0 Å². The smallest absolute Gasteiger partial charge is 0.324 e. The van der Waals surface area contributed by atoms with Crippen molar-refractivity contribution in [1.82, 2.24) is 4.31 Å². The van der Waals surface area contributed by atoms with Crippen LogP contribution in [0.3, 0.4) is 0 Å². The fourth-order valence-electron chi connectivity index (χ4n) is 4.56. The Morgan fingerprint density at radius 3 is 2.52 bits per heavy atom. The zero-order valence-corrected chi connectivity index (χ0v) is 17.0. The second kappa shape index (κ2) is 7.53. The molecule has 1 saturated carbocycles. The number of benzene rings is 1. The summed E-state index contributed by atoms with van der Waals surface area (Å²) in [7, 11) is -3.89. The highest BCUT2D eigenvalue weighted by molar-refractivity contribution is 7.89. The van der Waals surface area contributed by atoms with Gasteiger partial charge in [0.1, 0.15) is 6.04 Å². The van der Waals surface area contributed by atoms with Gasteiger partial charge < -0.3 is 9.84 Å². The van der Waals surface area contributed by atoms with Crippen LogP contribution in [0, 0.1) is 12.3 Å². The Kier molecular flexibility index (Phi) is 5.66. The third-order valence-electron chi connectivity index (χ3n) is 6.13. The van der Waals surface area contributed by atoms with Gasteiger partial charge in [-0.1, -0.05) is 37.5 Å². The first-order valence-electron chi connectivity index (χ1n) is 9.66. The lowest BCUT2D eigenvalue weighted by molar-refractivity contribution is -0.147. The molecule has 0 aromatic heterocycles. The quantitative estimate of drug-likeness (QED) is 0.793. The van der Waals surface area contributed by atoms with Crippen molar-refractivity contribution in [2.45, 2.75) is 76.0 Å². The molecule has 1 aliphatic heterocycles. The van der Waals surface area contributed by atoms with E-state index in [1.807, 2.05) is 13.8 Å². The van der Waals surface area contributed by atoms with Crippen molar-refractivity contribution in [3.05, 3.63) is 29.8 Å². The van der Waals surface area contributed by atoms with Crippen molar-refractivity contribution in [3.8, 4) is 0 Å². The molecule has 1 N–H and O–H groups in total. The number of esters is 1. The van der Waals surface area contributed by atoms with Crippen molar-refractivity contribution in [3.63, 3.8) is 0 Å². The number of rotatable bonds is 4. The van der Waals surface area contributed by atoms with Crippen LogP contribution in [-0.4, -0.2) is 48.6 Å². The normalized spacial score (nSPS) is 31.9. The number of nitrogens with zero attached hydrogens (tertiary/aromatic N) is 1. The van der Waals surface area contributed by atoms with Crippen molar-refractivity contribution in [1.29, 1.82) is 0 Å². The Hall–Kier alpha value is -1.44. The van der Waals surface area contributed by atoms with Gasteiger partial charge in [-0.25, -0.2) is 8.42 Å². The molecule has 1 aliphatic carbocycles. The molecule has 0 bridgehead atoms. The predicted octanol–water partition coefficient (Wildman–Crippen LogP) is 2.63. The fourth-order valence-corrected chi connectivity index (χ4v) is 6.46. The molecular weight excluding hydrogens is 366 g/mol. The van der Waals surface area contributed by atoms with Crippen LogP contribution in [-0.2, 0) is 19.6 Å². The van der Waals surface area contributed by atoms with Gasteiger partial charge in [0.15, 0.2) is 0 Å². The molecular formula is C20H29NO5S. The van der Waals surface area contributed by atoms with Crippen LogP contribution in [0.15, 0.2) is 29.2 Å². The summed E-state index contributed by atoms with van der Waals surface area (Å²) in [6.07, 6.45) is 2.58. The minimum Gasteiger partial charge on any atom is -0.465 e. The number of hydrogen-bond donors (Lipinski definition) is 1. The maximum Gasteiger partial charge on any atom is 0.324 e. The lowest BCUT2D eigenvalue weighted by atomic mass is 9.75. The predicted molar refractivity (Wildman–Crippen MR) is 102 cm³/mol. The summed E-state index contributed by atoms with van der Waals surface area (Å²) in [4.78, 5) is 12.8. The highest BCUT2D eigenvalue weighted by atomic mass is 32.2. The van der Waals surface area contributed by atoms with Gasteiger partial charge in [-0.3, -0.25) is 4.79 Å². The van der Waals surface area contributed by atoms with Gasteiger partial charge in [-0.05, 0) is 45.2 Å². The summed E-state index contributed by atoms with van der Waals surface area (Å²) in [5.74, 6) is -0.533. The van der Waals surface area contributed by atoms with Crippen LogP contribution in [0.4, 0.5) is 0 Å². The second-order valence-corrected chi connectivity index (χ2v) is 9.79. The molecule has 0 radical (unpaired) electrons. The van der Waals surface area contributed by atoms with Gasteiger partial charge >= 0.3 is 5.97 Å². The summed E-state index contributed by atoms with van der Waals surface area (Å²) in [6.45, 7) is 5.70. The van der Waals surface area contributed by atoms with Crippen molar-refractivity contribution in [2.75, 3.05) is 6.61 Å². The van der Waals surface area contributed by atoms with E-state index in [1.165, 1.54) is 4.31 Å². The Morgan fingerprint density at radius 2 is 1.89 bits per heavy atom. The average molecular weight is 396 g/mol. The molecule has 1 aromatic carbocycles. The topological polar surface area (TPSA) is 83.9 Å². The van der Waals surface area contributed by atoms with Crippen LogP contribution in [0.2, 0.25) is 0 Å². The number of aliphatic hydroxyl groups excluding tert-OH is 1. The molecule has 2 fully saturated rings. The Morgan fingerprint density at radius 1 is 1.26 bits per heavy atom. The molecule has 2 aliphatic rings. The van der Waals surface area contributed by atoms with Crippen molar-refractivity contribution in [2.24, 2.45) is 5.41 Å². The molecule has 1 heterocycles. The number of aryl methyl sites for hydroxylation is 1. The average Bonchev–Trinajstić information content (AvgIpc) is 2.86. The molecule has 0 spiro atoms. The summed E-state index contributed by atoms with van der Waals surface area (Å²) >= 11 is 0. The van der Waals surface area contributed by atoms with E-state index in [4.69, 9.17) is 4.74 Å². The highest BCUT2D eigenvalue weighted by Gasteiger charge is 2.59. The number of carbonyl (C=O) groups is 1. The zero-order chi connectivity index (χ0) is 19.8. The number of ether oxygens (including phenoxy) is 1. The SMILES string of the molecule is CCOC(=O)[C@@H]1C[C@@]2(C)[C@@H](O)CCCC[C@H]2N1S(=O)(=O)c1ccc(C)cc1.